The zero-order valence-electron chi connectivity index (χ0n) is 43.5. The molecule has 0 heterocycles. The summed E-state index contributed by atoms with van der Waals surface area (Å²) in [6.07, 6.45) is 50.4. The van der Waals surface area contributed by atoms with Crippen LogP contribution in [0.5, 0.6) is 0 Å². The van der Waals surface area contributed by atoms with E-state index >= 15 is 0 Å². The molecule has 0 radical (unpaired) electrons. The molecule has 0 spiro atoms. The van der Waals surface area contributed by atoms with Crippen LogP contribution in [0.1, 0.15) is 219 Å². The molecule has 0 aromatic heterocycles. The van der Waals surface area contributed by atoms with E-state index < -0.39 is 0 Å². The zero-order chi connectivity index (χ0) is 46.5. The van der Waals surface area contributed by atoms with Crippen molar-refractivity contribution in [2.45, 2.75) is 232 Å². The largest absolute Gasteiger partial charge is 1.00 e. The van der Waals surface area contributed by atoms with E-state index in [1.165, 1.54) is 167 Å². The molecule has 0 aliphatic heterocycles. The summed E-state index contributed by atoms with van der Waals surface area (Å²) >= 11 is 0. The van der Waals surface area contributed by atoms with Gasteiger partial charge in [-0.3, -0.25) is 0 Å². The number of ether oxygens (including phenoxy) is 6. The fourth-order valence-corrected chi connectivity index (χ4v) is 8.11. The smallest absolute Gasteiger partial charge is 0.157 e. The Hall–Kier alpha value is -0.590. The van der Waals surface area contributed by atoms with Crippen molar-refractivity contribution in [1.82, 2.24) is 0 Å². The topological polar surface area (TPSA) is 95.8 Å². The van der Waals surface area contributed by atoms with Crippen molar-refractivity contribution < 1.29 is 55.5 Å². The Labute approximate surface area is 409 Å². The normalized spacial score (nSPS) is 12.7. The Bertz CT molecular complexity index is 927. The van der Waals surface area contributed by atoms with Crippen molar-refractivity contribution in [3.8, 4) is 0 Å². The van der Waals surface area contributed by atoms with Crippen LogP contribution in [0, 0.1) is 0 Å². The molecule has 0 aliphatic rings. The molecule has 0 aromatic rings. The third kappa shape index (κ3) is 54.2. The molecule has 65 heavy (non-hydrogen) atoms. The van der Waals surface area contributed by atoms with Gasteiger partial charge < -0.3 is 55.5 Å². The lowest BCUT2D eigenvalue weighted by Crippen LogP contribution is -3.00. The summed E-state index contributed by atoms with van der Waals surface area (Å²) < 4.78 is 36.4. The minimum atomic E-state index is -0.318. The van der Waals surface area contributed by atoms with E-state index in [-0.39, 0.29) is 38.0 Å². The molecule has 0 saturated heterocycles. The van der Waals surface area contributed by atoms with Crippen LogP contribution in [0.3, 0.4) is 0 Å². The standard InChI is InChI=1S/C55H110NO8.ClH/c1-5-7-9-11-13-15-17-19-21-23-25-27-29-31-33-38-44-61-53-54(62-45-39-34-32-30-28-26-24-22-20-18-16-14-12-10-8-6-2)52-56(3,4)41-37-35-36-40-55(63-50-48-59-46-42-57)64-51-49-60-47-43-58;/h19-22,54-55,57-58H,5-18,23-53H2,1-4H3;1H/q+1;/p-1. The fourth-order valence-electron chi connectivity index (χ4n) is 8.11. The average Bonchev–Trinajstić information content (AvgIpc) is 3.28. The molecule has 10 heteroatoms. The summed E-state index contributed by atoms with van der Waals surface area (Å²) in [5.41, 5.74) is 0. The van der Waals surface area contributed by atoms with Crippen LogP contribution >= 0.6 is 0 Å². The zero-order valence-corrected chi connectivity index (χ0v) is 44.2. The second-order valence-corrected chi connectivity index (χ2v) is 19.0. The molecule has 0 rings (SSSR count). The van der Waals surface area contributed by atoms with Crippen LogP contribution in [0.15, 0.2) is 24.3 Å². The first-order valence-electron chi connectivity index (χ1n) is 27.4. The number of hydrogen-bond acceptors (Lipinski definition) is 8. The molecular formula is C55H110ClNO8. The maximum Gasteiger partial charge on any atom is 0.157 e. The van der Waals surface area contributed by atoms with E-state index in [1.54, 1.807) is 0 Å². The van der Waals surface area contributed by atoms with E-state index in [2.05, 4.69) is 52.2 Å². The summed E-state index contributed by atoms with van der Waals surface area (Å²) in [5.74, 6) is 0. The lowest BCUT2D eigenvalue weighted by molar-refractivity contribution is -0.893. The second-order valence-electron chi connectivity index (χ2n) is 19.0. The number of unbranched alkanes of at least 4 members (excludes halogenated alkanes) is 26. The van der Waals surface area contributed by atoms with E-state index in [0.29, 0.717) is 46.2 Å². The molecule has 1 atom stereocenters. The van der Waals surface area contributed by atoms with E-state index in [0.717, 1.165) is 69.3 Å². The summed E-state index contributed by atoms with van der Waals surface area (Å²) in [6, 6.07) is 0. The number of allylic oxidation sites excluding steroid dienone is 4. The van der Waals surface area contributed by atoms with Gasteiger partial charge in [0.05, 0.1) is 80.1 Å². The quantitative estimate of drug-likeness (QED) is 0.0270. The van der Waals surface area contributed by atoms with Gasteiger partial charge in [0.2, 0.25) is 0 Å². The number of aliphatic hydroxyl groups excluding tert-OH is 2. The molecule has 9 nitrogen and oxygen atoms in total. The first kappa shape index (κ1) is 66.5. The Morgan fingerprint density at radius 3 is 1.25 bits per heavy atom. The van der Waals surface area contributed by atoms with Gasteiger partial charge in [-0.15, -0.1) is 0 Å². The minimum absolute atomic E-state index is 0. The van der Waals surface area contributed by atoms with Crippen molar-refractivity contribution >= 4 is 0 Å². The van der Waals surface area contributed by atoms with Gasteiger partial charge in [0.1, 0.15) is 12.6 Å². The van der Waals surface area contributed by atoms with Gasteiger partial charge in [-0.25, -0.2) is 0 Å². The molecule has 0 bridgehead atoms. The highest BCUT2D eigenvalue weighted by atomic mass is 35.5. The number of rotatable bonds is 55. The van der Waals surface area contributed by atoms with Crippen molar-refractivity contribution in [2.75, 3.05) is 99.9 Å². The highest BCUT2D eigenvalue weighted by molar-refractivity contribution is 4.82. The molecular weight excluding hydrogens is 838 g/mol. The first-order chi connectivity index (χ1) is 31.5. The Morgan fingerprint density at radius 1 is 0.400 bits per heavy atom. The minimum Gasteiger partial charge on any atom is -1.00 e. The van der Waals surface area contributed by atoms with E-state index in [4.69, 9.17) is 38.6 Å². The van der Waals surface area contributed by atoms with Gasteiger partial charge in [0, 0.05) is 13.2 Å². The van der Waals surface area contributed by atoms with Gasteiger partial charge >= 0.3 is 0 Å². The summed E-state index contributed by atoms with van der Waals surface area (Å²) in [7, 11) is 4.67. The number of nitrogens with zero attached hydrogens (tertiary/aromatic N) is 1. The lowest BCUT2D eigenvalue weighted by Gasteiger charge is -2.33. The van der Waals surface area contributed by atoms with Crippen LogP contribution in [-0.2, 0) is 28.4 Å². The maximum absolute atomic E-state index is 8.96. The van der Waals surface area contributed by atoms with Gasteiger partial charge in [-0.05, 0) is 89.9 Å². The number of aliphatic hydroxyl groups is 2. The SMILES string of the molecule is CCCCCCCCC=CCCCCCCCCOCC(C[N+](C)(C)CCCCCC(OCCOCCO)OCCOCCO)OCCCCCCCCC=CCCCCCCCC.[Cl-]. The second kappa shape index (κ2) is 56.0. The highest BCUT2D eigenvalue weighted by Gasteiger charge is 2.23. The molecule has 0 amide bonds. The van der Waals surface area contributed by atoms with E-state index in [9.17, 15) is 0 Å². The third-order valence-electron chi connectivity index (χ3n) is 12.0. The third-order valence-corrected chi connectivity index (χ3v) is 12.0. The number of hydrogen-bond donors (Lipinski definition) is 2. The summed E-state index contributed by atoms with van der Waals surface area (Å²) in [5, 5.41) is 17.9. The van der Waals surface area contributed by atoms with Crippen molar-refractivity contribution in [2.24, 2.45) is 0 Å². The Balaban J connectivity index is 0. The van der Waals surface area contributed by atoms with Crippen LogP contribution in [0.2, 0.25) is 0 Å². The van der Waals surface area contributed by atoms with Gasteiger partial charge in [0.25, 0.3) is 0 Å². The Kier molecular flexibility index (Phi) is 57.3. The molecule has 0 aromatic carbocycles. The monoisotopic (exact) mass is 948 g/mol. The Morgan fingerprint density at radius 2 is 0.800 bits per heavy atom. The summed E-state index contributed by atoms with van der Waals surface area (Å²) in [4.78, 5) is 0. The molecule has 1 unspecified atom stereocenters. The lowest BCUT2D eigenvalue weighted by atomic mass is 10.1. The molecule has 390 valence electrons. The van der Waals surface area contributed by atoms with Crippen LogP contribution in [0.4, 0.5) is 0 Å². The number of halogens is 1. The van der Waals surface area contributed by atoms with Gasteiger partial charge in [0.15, 0.2) is 6.29 Å². The van der Waals surface area contributed by atoms with Gasteiger partial charge in [-0.1, -0.05) is 154 Å². The first-order valence-corrected chi connectivity index (χ1v) is 27.4. The van der Waals surface area contributed by atoms with Crippen LogP contribution in [-0.4, -0.2) is 127 Å². The average molecular weight is 949 g/mol. The fraction of sp³-hybridized carbons (Fsp3) is 0.927. The van der Waals surface area contributed by atoms with Gasteiger partial charge in [-0.2, -0.15) is 0 Å². The van der Waals surface area contributed by atoms with Crippen molar-refractivity contribution in [3.63, 3.8) is 0 Å². The molecule has 2 N–H and O–H groups in total. The predicted molar refractivity (Wildman–Crippen MR) is 271 cm³/mol. The van der Waals surface area contributed by atoms with Crippen LogP contribution < -0.4 is 12.4 Å². The highest BCUT2D eigenvalue weighted by Crippen LogP contribution is 2.15. The predicted octanol–water partition coefficient (Wildman–Crippen LogP) is 10.5. The maximum atomic E-state index is 8.96. The van der Waals surface area contributed by atoms with Crippen molar-refractivity contribution in [3.05, 3.63) is 24.3 Å². The number of quaternary nitrogens is 1. The number of likely N-dealkylation sites (N-methyl/N-ethyl adjacent to an activating group) is 1. The summed E-state index contributed by atoms with van der Waals surface area (Å²) in [6.45, 7) is 11.3. The van der Waals surface area contributed by atoms with E-state index in [1.807, 2.05) is 0 Å². The van der Waals surface area contributed by atoms with Crippen LogP contribution in [0.25, 0.3) is 0 Å². The van der Waals surface area contributed by atoms with Crippen molar-refractivity contribution in [1.29, 1.82) is 0 Å². The molecule has 0 aliphatic carbocycles. The molecule has 0 fully saturated rings. The molecule has 0 saturated carbocycles.